The van der Waals surface area contributed by atoms with E-state index in [1.807, 2.05) is 57.3 Å². The standard InChI is InChI=1S/C26H26N2O3S/c1-18-9-15-22(16-10-18)32(29,30)27-17-24(20-11-13-21(31-4)14-12-20)26-19(2)28(3)25-8-6-5-7-23(25)26/h5-17,27H,1-4H3/b24-17-. The molecule has 0 saturated carbocycles. The van der Waals surface area contributed by atoms with Crippen LogP contribution in [0.1, 0.15) is 22.4 Å². The Morgan fingerprint density at radius 2 is 1.59 bits per heavy atom. The fraction of sp³-hybridized carbons (Fsp3) is 0.154. The number of ether oxygens (including phenoxy) is 1. The third-order valence-corrected chi connectivity index (χ3v) is 7.08. The van der Waals surface area contributed by atoms with Gasteiger partial charge < -0.3 is 9.30 Å². The molecule has 5 nitrogen and oxygen atoms in total. The molecule has 1 heterocycles. The van der Waals surface area contributed by atoms with Gasteiger partial charge in [-0.25, -0.2) is 8.42 Å². The predicted octanol–water partition coefficient (Wildman–Crippen LogP) is 5.17. The maximum absolute atomic E-state index is 13.0. The van der Waals surface area contributed by atoms with Crippen molar-refractivity contribution in [3.05, 3.63) is 101 Å². The van der Waals surface area contributed by atoms with Crippen LogP contribution < -0.4 is 9.46 Å². The molecule has 3 aromatic carbocycles. The second-order valence-corrected chi connectivity index (χ2v) is 9.47. The molecule has 0 saturated heterocycles. The van der Waals surface area contributed by atoms with Crippen LogP contribution in [0.5, 0.6) is 5.75 Å². The Morgan fingerprint density at radius 1 is 0.938 bits per heavy atom. The lowest BCUT2D eigenvalue weighted by Crippen LogP contribution is -2.18. The quantitative estimate of drug-likeness (QED) is 0.444. The van der Waals surface area contributed by atoms with Crippen LogP contribution in [0.4, 0.5) is 0 Å². The summed E-state index contributed by atoms with van der Waals surface area (Å²) in [7, 11) is -0.0796. The Kier molecular flexibility index (Phi) is 5.80. The summed E-state index contributed by atoms with van der Waals surface area (Å²) in [5, 5.41) is 1.06. The molecule has 0 atom stereocenters. The molecule has 4 aromatic rings. The molecule has 0 spiro atoms. The van der Waals surface area contributed by atoms with Gasteiger partial charge in [0.05, 0.1) is 12.0 Å². The number of para-hydroxylation sites is 1. The molecule has 0 aliphatic carbocycles. The number of benzene rings is 3. The lowest BCUT2D eigenvalue weighted by atomic mass is 9.96. The molecule has 0 bridgehead atoms. The van der Waals surface area contributed by atoms with Crippen molar-refractivity contribution in [3.63, 3.8) is 0 Å². The first-order valence-electron chi connectivity index (χ1n) is 10.3. The summed E-state index contributed by atoms with van der Waals surface area (Å²) in [6, 6.07) is 22.5. The lowest BCUT2D eigenvalue weighted by Gasteiger charge is -2.12. The number of nitrogens with zero attached hydrogens (tertiary/aromatic N) is 1. The van der Waals surface area contributed by atoms with Crippen molar-refractivity contribution in [1.29, 1.82) is 0 Å². The maximum atomic E-state index is 13.0. The normalized spacial score (nSPS) is 12.2. The zero-order valence-corrected chi connectivity index (χ0v) is 19.4. The number of fused-ring (bicyclic) bond motifs is 1. The van der Waals surface area contributed by atoms with Gasteiger partial charge in [0.2, 0.25) is 0 Å². The van der Waals surface area contributed by atoms with Gasteiger partial charge in [-0.1, -0.05) is 48.0 Å². The van der Waals surface area contributed by atoms with E-state index in [9.17, 15) is 8.42 Å². The summed E-state index contributed by atoms with van der Waals surface area (Å²) in [6.45, 7) is 3.97. The number of aryl methyl sites for hydroxylation is 2. The first-order chi connectivity index (χ1) is 15.3. The molecule has 1 aromatic heterocycles. The van der Waals surface area contributed by atoms with Crippen LogP contribution in [0.3, 0.4) is 0 Å². The van der Waals surface area contributed by atoms with E-state index in [1.165, 1.54) is 0 Å². The highest BCUT2D eigenvalue weighted by atomic mass is 32.2. The molecular formula is C26H26N2O3S. The van der Waals surface area contributed by atoms with Crippen molar-refractivity contribution in [2.75, 3.05) is 7.11 Å². The van der Waals surface area contributed by atoms with E-state index in [0.29, 0.717) is 0 Å². The molecular weight excluding hydrogens is 420 g/mol. The Labute approximate surface area is 189 Å². The monoisotopic (exact) mass is 446 g/mol. The smallest absolute Gasteiger partial charge is 0.261 e. The summed E-state index contributed by atoms with van der Waals surface area (Å²) >= 11 is 0. The SMILES string of the molecule is COc1ccc(/C(=C/NS(=O)(=O)c2ccc(C)cc2)c2c(C)n(C)c3ccccc23)cc1. The minimum atomic E-state index is -3.72. The van der Waals surface area contributed by atoms with Gasteiger partial charge in [-0.15, -0.1) is 0 Å². The van der Waals surface area contributed by atoms with Gasteiger partial charge in [-0.3, -0.25) is 4.72 Å². The first-order valence-corrected chi connectivity index (χ1v) is 11.8. The van der Waals surface area contributed by atoms with E-state index in [1.54, 1.807) is 37.6 Å². The molecule has 0 aliphatic heterocycles. The summed E-state index contributed by atoms with van der Waals surface area (Å²) in [5.41, 5.74) is 5.79. The minimum absolute atomic E-state index is 0.225. The number of hydrogen-bond donors (Lipinski definition) is 1. The van der Waals surface area contributed by atoms with Crippen molar-refractivity contribution < 1.29 is 13.2 Å². The Morgan fingerprint density at radius 3 is 2.25 bits per heavy atom. The third-order valence-electron chi connectivity index (χ3n) is 5.76. The van der Waals surface area contributed by atoms with Crippen LogP contribution in [0, 0.1) is 13.8 Å². The van der Waals surface area contributed by atoms with E-state index in [-0.39, 0.29) is 4.90 Å². The number of hydrogen-bond acceptors (Lipinski definition) is 3. The van der Waals surface area contributed by atoms with Crippen LogP contribution in [0.15, 0.2) is 83.9 Å². The van der Waals surface area contributed by atoms with Gasteiger partial charge in [0, 0.05) is 41.0 Å². The van der Waals surface area contributed by atoms with Crippen LogP contribution in [-0.4, -0.2) is 20.1 Å². The van der Waals surface area contributed by atoms with Gasteiger partial charge in [-0.05, 0) is 49.7 Å². The summed E-state index contributed by atoms with van der Waals surface area (Å²) < 4.78 is 36.1. The van der Waals surface area contributed by atoms with Crippen LogP contribution in [0.25, 0.3) is 16.5 Å². The molecule has 0 amide bonds. The van der Waals surface area contributed by atoms with Crippen LogP contribution in [0.2, 0.25) is 0 Å². The van der Waals surface area contributed by atoms with Crippen molar-refractivity contribution in [2.24, 2.45) is 7.05 Å². The number of nitrogens with one attached hydrogen (secondary N) is 1. The average Bonchev–Trinajstić information content (AvgIpc) is 3.05. The van der Waals surface area contributed by atoms with Gasteiger partial charge >= 0.3 is 0 Å². The highest BCUT2D eigenvalue weighted by Crippen LogP contribution is 2.35. The number of sulfonamides is 1. The Hall–Kier alpha value is -3.51. The fourth-order valence-corrected chi connectivity index (χ4v) is 4.76. The molecule has 164 valence electrons. The van der Waals surface area contributed by atoms with Gasteiger partial charge in [-0.2, -0.15) is 0 Å². The van der Waals surface area contributed by atoms with Gasteiger partial charge in [0.1, 0.15) is 5.75 Å². The average molecular weight is 447 g/mol. The zero-order valence-electron chi connectivity index (χ0n) is 18.6. The highest BCUT2D eigenvalue weighted by Gasteiger charge is 2.19. The summed E-state index contributed by atoms with van der Waals surface area (Å²) in [6.07, 6.45) is 1.59. The van der Waals surface area contributed by atoms with E-state index < -0.39 is 10.0 Å². The Balaban J connectivity index is 1.87. The van der Waals surface area contributed by atoms with E-state index in [2.05, 4.69) is 21.4 Å². The van der Waals surface area contributed by atoms with E-state index >= 15 is 0 Å². The molecule has 32 heavy (non-hydrogen) atoms. The molecule has 4 rings (SSSR count). The highest BCUT2D eigenvalue weighted by molar-refractivity contribution is 7.89. The van der Waals surface area contributed by atoms with Crippen molar-refractivity contribution in [1.82, 2.24) is 9.29 Å². The minimum Gasteiger partial charge on any atom is -0.497 e. The fourth-order valence-electron chi connectivity index (χ4n) is 3.85. The van der Waals surface area contributed by atoms with Crippen LogP contribution >= 0.6 is 0 Å². The zero-order chi connectivity index (χ0) is 22.9. The maximum Gasteiger partial charge on any atom is 0.261 e. The van der Waals surface area contributed by atoms with Crippen molar-refractivity contribution in [3.8, 4) is 5.75 Å². The van der Waals surface area contributed by atoms with Crippen molar-refractivity contribution >= 4 is 26.5 Å². The third kappa shape index (κ3) is 4.01. The summed E-state index contributed by atoms with van der Waals surface area (Å²) in [4.78, 5) is 0.225. The molecule has 0 unspecified atom stereocenters. The Bertz CT molecular complexity index is 1400. The topological polar surface area (TPSA) is 60.3 Å². The molecule has 0 fully saturated rings. The molecule has 6 heteroatoms. The molecule has 1 N–H and O–H groups in total. The first kappa shape index (κ1) is 21.7. The van der Waals surface area contributed by atoms with E-state index in [4.69, 9.17) is 4.74 Å². The largest absolute Gasteiger partial charge is 0.497 e. The number of methoxy groups -OCH3 is 1. The molecule has 0 aliphatic rings. The van der Waals surface area contributed by atoms with Crippen molar-refractivity contribution in [2.45, 2.75) is 18.7 Å². The van der Waals surface area contributed by atoms with Crippen LogP contribution in [-0.2, 0) is 17.1 Å². The van der Waals surface area contributed by atoms with E-state index in [0.717, 1.165) is 44.6 Å². The summed E-state index contributed by atoms with van der Waals surface area (Å²) in [5.74, 6) is 0.739. The predicted molar refractivity (Wildman–Crippen MR) is 129 cm³/mol. The van der Waals surface area contributed by atoms with Gasteiger partial charge in [0.25, 0.3) is 10.0 Å². The second kappa shape index (κ2) is 8.55. The number of aromatic nitrogens is 1. The lowest BCUT2D eigenvalue weighted by molar-refractivity contribution is 0.415. The number of rotatable bonds is 6. The van der Waals surface area contributed by atoms with Gasteiger partial charge in [0.15, 0.2) is 0 Å². The second-order valence-electron chi connectivity index (χ2n) is 7.76. The molecule has 0 radical (unpaired) electrons.